The summed E-state index contributed by atoms with van der Waals surface area (Å²) in [7, 11) is 0. The average molecular weight is 309 g/mol. The Morgan fingerprint density at radius 2 is 2.29 bits per heavy atom. The molecule has 0 fully saturated rings. The summed E-state index contributed by atoms with van der Waals surface area (Å²) in [5.74, 6) is 0.891. The molecule has 0 saturated heterocycles. The predicted octanol–water partition coefficient (Wildman–Crippen LogP) is 1.99. The van der Waals surface area contributed by atoms with Gasteiger partial charge in [-0.2, -0.15) is 0 Å². The van der Waals surface area contributed by atoms with Crippen LogP contribution in [-0.4, -0.2) is 31.9 Å². The van der Waals surface area contributed by atoms with Gasteiger partial charge in [-0.05, 0) is 50.3 Å². The van der Waals surface area contributed by atoms with Gasteiger partial charge in [-0.15, -0.1) is 5.10 Å². The van der Waals surface area contributed by atoms with Crippen molar-refractivity contribution in [2.75, 3.05) is 5.75 Å². The zero-order chi connectivity index (χ0) is 15.5. The molecule has 2 aromatic rings. The third kappa shape index (κ3) is 4.07. The zero-order valence-corrected chi connectivity index (χ0v) is 13.3. The second-order valence-corrected chi connectivity index (χ2v) is 6.58. The molecule has 1 N–H and O–H groups in total. The van der Waals surface area contributed by atoms with Gasteiger partial charge in [0.05, 0.1) is 23.6 Å². The van der Waals surface area contributed by atoms with E-state index in [1.807, 2.05) is 33.8 Å². The van der Waals surface area contributed by atoms with Crippen LogP contribution in [0.25, 0.3) is 0 Å². The van der Waals surface area contributed by atoms with Gasteiger partial charge in [0, 0.05) is 0 Å². The summed E-state index contributed by atoms with van der Waals surface area (Å²) in [6.45, 7) is 7.89. The Labute approximate surface area is 127 Å². The normalized spacial score (nSPS) is 13.1. The minimum atomic E-state index is -0.218. The molecule has 0 spiro atoms. The van der Waals surface area contributed by atoms with E-state index in [9.17, 15) is 4.79 Å². The van der Waals surface area contributed by atoms with Crippen molar-refractivity contribution in [3.63, 3.8) is 0 Å². The van der Waals surface area contributed by atoms with E-state index < -0.39 is 0 Å². The second-order valence-electron chi connectivity index (χ2n) is 5.64. The number of carbonyl (C=O) groups excluding carboxylic acids is 1. The number of amides is 1. The van der Waals surface area contributed by atoms with Crippen LogP contribution in [0.1, 0.15) is 39.5 Å². The lowest BCUT2D eigenvalue weighted by molar-refractivity contribution is -0.119. The van der Waals surface area contributed by atoms with Crippen molar-refractivity contribution in [1.82, 2.24) is 25.5 Å². The minimum absolute atomic E-state index is 0.0904. The van der Waals surface area contributed by atoms with E-state index >= 15 is 0 Å². The van der Waals surface area contributed by atoms with Crippen molar-refractivity contribution in [3.8, 4) is 0 Å². The fourth-order valence-corrected chi connectivity index (χ4v) is 2.58. The molecule has 1 atom stereocenters. The highest BCUT2D eigenvalue weighted by molar-refractivity contribution is 7.99. The minimum Gasteiger partial charge on any atom is -0.467 e. The maximum Gasteiger partial charge on any atom is 0.231 e. The van der Waals surface area contributed by atoms with Crippen molar-refractivity contribution in [3.05, 3.63) is 24.2 Å². The summed E-state index contributed by atoms with van der Waals surface area (Å²) in [6.07, 6.45) is 1.59. The van der Waals surface area contributed by atoms with Crippen LogP contribution in [0.3, 0.4) is 0 Å². The molecule has 1 amide bonds. The van der Waals surface area contributed by atoms with Crippen LogP contribution in [0, 0.1) is 0 Å². The van der Waals surface area contributed by atoms with Crippen LogP contribution in [0.5, 0.6) is 0 Å². The first-order chi connectivity index (χ1) is 9.88. The number of tetrazole rings is 1. The molecule has 2 heterocycles. The Morgan fingerprint density at radius 3 is 2.90 bits per heavy atom. The fraction of sp³-hybridized carbons (Fsp3) is 0.538. The van der Waals surface area contributed by atoms with Gasteiger partial charge in [0.25, 0.3) is 0 Å². The van der Waals surface area contributed by atoms with E-state index in [1.54, 1.807) is 17.0 Å². The molecular weight excluding hydrogens is 290 g/mol. The number of carbonyl (C=O) groups is 1. The van der Waals surface area contributed by atoms with Crippen LogP contribution in [0.15, 0.2) is 28.0 Å². The fourth-order valence-electron chi connectivity index (χ4n) is 1.71. The van der Waals surface area contributed by atoms with Crippen LogP contribution in [-0.2, 0) is 10.3 Å². The van der Waals surface area contributed by atoms with Gasteiger partial charge in [-0.25, -0.2) is 4.68 Å². The molecule has 0 bridgehead atoms. The Balaban J connectivity index is 1.89. The Morgan fingerprint density at radius 1 is 1.52 bits per heavy atom. The SMILES string of the molecule is C[C@@H](NC(=O)CSc1nnnn1C(C)(C)C)c1ccco1. The highest BCUT2D eigenvalue weighted by Crippen LogP contribution is 2.21. The maximum absolute atomic E-state index is 12.0. The summed E-state index contributed by atoms with van der Waals surface area (Å²) in [5.41, 5.74) is -0.218. The van der Waals surface area contributed by atoms with E-state index in [1.165, 1.54) is 11.8 Å². The lowest BCUT2D eigenvalue weighted by Gasteiger charge is -2.19. The lowest BCUT2D eigenvalue weighted by Crippen LogP contribution is -2.28. The molecule has 0 radical (unpaired) electrons. The first-order valence-electron chi connectivity index (χ1n) is 6.62. The van der Waals surface area contributed by atoms with E-state index in [4.69, 9.17) is 4.42 Å². The van der Waals surface area contributed by atoms with Gasteiger partial charge in [0.15, 0.2) is 0 Å². The number of furan rings is 1. The quantitative estimate of drug-likeness (QED) is 0.850. The van der Waals surface area contributed by atoms with Crippen molar-refractivity contribution >= 4 is 17.7 Å². The number of hydrogen-bond donors (Lipinski definition) is 1. The standard InChI is InChI=1S/C13H19N5O2S/c1-9(10-6-5-7-20-10)14-11(19)8-21-12-15-16-17-18(12)13(2,3)4/h5-7,9H,8H2,1-4H3,(H,14,19)/t9-/m1/s1. The first kappa shape index (κ1) is 15.6. The molecule has 114 valence electrons. The molecule has 7 nitrogen and oxygen atoms in total. The number of thioether (sulfide) groups is 1. The third-order valence-corrected chi connectivity index (χ3v) is 3.68. The molecule has 0 saturated carbocycles. The molecule has 2 aromatic heterocycles. The third-order valence-electron chi connectivity index (χ3n) is 2.76. The zero-order valence-electron chi connectivity index (χ0n) is 12.5. The van der Waals surface area contributed by atoms with Gasteiger partial charge < -0.3 is 9.73 Å². The van der Waals surface area contributed by atoms with Gasteiger partial charge in [-0.3, -0.25) is 4.79 Å². The van der Waals surface area contributed by atoms with Crippen molar-refractivity contribution in [1.29, 1.82) is 0 Å². The van der Waals surface area contributed by atoms with Crippen LogP contribution in [0.4, 0.5) is 0 Å². The van der Waals surface area contributed by atoms with Crippen molar-refractivity contribution < 1.29 is 9.21 Å². The Hall–Kier alpha value is -1.83. The summed E-state index contributed by atoms with van der Waals surface area (Å²) >= 11 is 1.31. The molecule has 0 aromatic carbocycles. The van der Waals surface area contributed by atoms with E-state index in [-0.39, 0.29) is 23.2 Å². The van der Waals surface area contributed by atoms with Gasteiger partial charge in [0.1, 0.15) is 5.76 Å². The number of aromatic nitrogens is 4. The number of hydrogen-bond acceptors (Lipinski definition) is 6. The number of nitrogens with zero attached hydrogens (tertiary/aromatic N) is 4. The largest absolute Gasteiger partial charge is 0.467 e. The molecule has 0 aliphatic carbocycles. The van der Waals surface area contributed by atoms with E-state index in [2.05, 4.69) is 20.8 Å². The molecule has 0 aliphatic heterocycles. The highest BCUT2D eigenvalue weighted by atomic mass is 32.2. The molecular formula is C13H19N5O2S. The number of rotatable bonds is 5. The highest BCUT2D eigenvalue weighted by Gasteiger charge is 2.21. The van der Waals surface area contributed by atoms with Crippen LogP contribution < -0.4 is 5.32 Å². The van der Waals surface area contributed by atoms with E-state index in [0.29, 0.717) is 5.16 Å². The summed E-state index contributed by atoms with van der Waals surface area (Å²) in [4.78, 5) is 12.0. The summed E-state index contributed by atoms with van der Waals surface area (Å²) in [5, 5.41) is 15.1. The van der Waals surface area contributed by atoms with Crippen molar-refractivity contribution in [2.24, 2.45) is 0 Å². The van der Waals surface area contributed by atoms with E-state index in [0.717, 1.165) is 5.76 Å². The topological polar surface area (TPSA) is 85.8 Å². The monoisotopic (exact) mass is 309 g/mol. The van der Waals surface area contributed by atoms with Gasteiger partial charge in [0.2, 0.25) is 11.1 Å². The Kier molecular flexibility index (Phi) is 4.66. The molecule has 0 unspecified atom stereocenters. The lowest BCUT2D eigenvalue weighted by atomic mass is 10.1. The van der Waals surface area contributed by atoms with Gasteiger partial charge in [-0.1, -0.05) is 11.8 Å². The van der Waals surface area contributed by atoms with Crippen LogP contribution in [0.2, 0.25) is 0 Å². The maximum atomic E-state index is 12.0. The molecule has 8 heteroatoms. The van der Waals surface area contributed by atoms with Crippen LogP contribution >= 0.6 is 11.8 Å². The molecule has 2 rings (SSSR count). The van der Waals surface area contributed by atoms with Crippen molar-refractivity contribution in [2.45, 2.75) is 44.4 Å². The predicted molar refractivity (Wildman–Crippen MR) is 78.8 cm³/mol. The summed E-state index contributed by atoms with van der Waals surface area (Å²) in [6, 6.07) is 3.47. The molecule has 21 heavy (non-hydrogen) atoms. The average Bonchev–Trinajstić information content (AvgIpc) is 3.06. The van der Waals surface area contributed by atoms with Gasteiger partial charge >= 0.3 is 0 Å². The first-order valence-corrected chi connectivity index (χ1v) is 7.61. The smallest absolute Gasteiger partial charge is 0.231 e. The summed E-state index contributed by atoms with van der Waals surface area (Å²) < 4.78 is 6.96. The Bertz CT molecular complexity index is 588. The second kappa shape index (κ2) is 6.30. The molecule has 0 aliphatic rings. The number of nitrogens with one attached hydrogen (secondary N) is 1.